The Balaban J connectivity index is 2.22. The van der Waals surface area contributed by atoms with Crippen molar-refractivity contribution in [3.05, 3.63) is 47.2 Å². The van der Waals surface area contributed by atoms with E-state index in [1.807, 2.05) is 6.92 Å². The van der Waals surface area contributed by atoms with Gasteiger partial charge in [-0.25, -0.2) is 13.8 Å². The van der Waals surface area contributed by atoms with Gasteiger partial charge in [-0.1, -0.05) is 12.1 Å². The van der Waals surface area contributed by atoms with Crippen molar-refractivity contribution in [2.45, 2.75) is 19.9 Å². The van der Waals surface area contributed by atoms with E-state index in [4.69, 9.17) is 0 Å². The van der Waals surface area contributed by atoms with Crippen molar-refractivity contribution in [1.82, 2.24) is 9.97 Å². The van der Waals surface area contributed by atoms with Crippen molar-refractivity contribution in [2.75, 3.05) is 17.7 Å². The van der Waals surface area contributed by atoms with Gasteiger partial charge in [-0.3, -0.25) is 0 Å². The summed E-state index contributed by atoms with van der Waals surface area (Å²) in [6, 6.07) is 4.65. The molecule has 1 heterocycles. The monoisotopic (exact) mass is 278 g/mol. The van der Waals surface area contributed by atoms with E-state index in [2.05, 4.69) is 20.6 Å². The SMILES string of the molecule is CNc1ncc(F)c(NC(C)c2ccc(C)c(F)c2)n1. The summed E-state index contributed by atoms with van der Waals surface area (Å²) in [5.41, 5.74) is 1.30. The maximum atomic E-state index is 13.6. The molecule has 4 nitrogen and oxygen atoms in total. The molecule has 1 aromatic heterocycles. The van der Waals surface area contributed by atoms with Crippen LogP contribution in [0.3, 0.4) is 0 Å². The summed E-state index contributed by atoms with van der Waals surface area (Å²) in [6.45, 7) is 3.51. The summed E-state index contributed by atoms with van der Waals surface area (Å²) in [5.74, 6) is -0.437. The topological polar surface area (TPSA) is 49.8 Å². The van der Waals surface area contributed by atoms with Gasteiger partial charge in [0.25, 0.3) is 0 Å². The molecule has 1 aromatic carbocycles. The van der Waals surface area contributed by atoms with E-state index in [0.29, 0.717) is 11.5 Å². The van der Waals surface area contributed by atoms with Crippen LogP contribution in [-0.2, 0) is 0 Å². The molecular formula is C14H16F2N4. The molecule has 0 aliphatic carbocycles. The van der Waals surface area contributed by atoms with Crippen molar-refractivity contribution in [1.29, 1.82) is 0 Å². The average Bonchev–Trinajstić information content (AvgIpc) is 2.44. The molecule has 106 valence electrons. The lowest BCUT2D eigenvalue weighted by Crippen LogP contribution is -2.11. The highest BCUT2D eigenvalue weighted by molar-refractivity contribution is 5.43. The van der Waals surface area contributed by atoms with Gasteiger partial charge in [-0.05, 0) is 31.0 Å². The Kier molecular flexibility index (Phi) is 4.12. The normalized spacial score (nSPS) is 12.1. The van der Waals surface area contributed by atoms with Gasteiger partial charge in [0.1, 0.15) is 5.82 Å². The van der Waals surface area contributed by atoms with Crippen LogP contribution in [-0.4, -0.2) is 17.0 Å². The number of aromatic nitrogens is 2. The minimum absolute atomic E-state index is 0.0813. The Morgan fingerprint density at radius 1 is 1.20 bits per heavy atom. The average molecular weight is 278 g/mol. The molecule has 0 aliphatic rings. The Labute approximate surface area is 116 Å². The summed E-state index contributed by atoms with van der Waals surface area (Å²) in [5, 5.41) is 5.65. The highest BCUT2D eigenvalue weighted by Crippen LogP contribution is 2.22. The molecule has 1 unspecified atom stereocenters. The Hall–Kier alpha value is -2.24. The predicted molar refractivity (Wildman–Crippen MR) is 74.7 cm³/mol. The van der Waals surface area contributed by atoms with E-state index >= 15 is 0 Å². The lowest BCUT2D eigenvalue weighted by atomic mass is 10.1. The number of nitrogens with one attached hydrogen (secondary N) is 2. The molecule has 0 amide bonds. The number of halogens is 2. The molecule has 0 saturated heterocycles. The van der Waals surface area contributed by atoms with E-state index in [1.54, 1.807) is 26.1 Å². The predicted octanol–water partition coefficient (Wildman–Crippen LogP) is 3.28. The number of rotatable bonds is 4. The number of aryl methyl sites for hydroxylation is 1. The molecule has 2 N–H and O–H groups in total. The molecule has 20 heavy (non-hydrogen) atoms. The van der Waals surface area contributed by atoms with Crippen LogP contribution in [0.4, 0.5) is 20.5 Å². The molecule has 0 saturated carbocycles. The van der Waals surface area contributed by atoms with Crippen molar-refractivity contribution in [3.63, 3.8) is 0 Å². The number of hydrogen-bond donors (Lipinski definition) is 2. The van der Waals surface area contributed by atoms with E-state index in [1.165, 1.54) is 6.07 Å². The van der Waals surface area contributed by atoms with Gasteiger partial charge < -0.3 is 10.6 Å². The van der Waals surface area contributed by atoms with E-state index in [-0.39, 0.29) is 17.7 Å². The standard InChI is InChI=1S/C14H16F2N4/c1-8-4-5-10(6-11(8)15)9(2)19-13-12(16)7-18-14(17-3)20-13/h4-7,9H,1-3H3,(H2,17,18,19,20). The Bertz CT molecular complexity index is 616. The summed E-state index contributed by atoms with van der Waals surface area (Å²) in [6.07, 6.45) is 1.09. The third-order valence-corrected chi connectivity index (χ3v) is 3.02. The van der Waals surface area contributed by atoms with Crippen LogP contribution in [0.5, 0.6) is 0 Å². The third-order valence-electron chi connectivity index (χ3n) is 3.02. The van der Waals surface area contributed by atoms with Gasteiger partial charge in [-0.2, -0.15) is 4.98 Å². The third kappa shape index (κ3) is 3.01. The molecule has 0 fully saturated rings. The summed E-state index contributed by atoms with van der Waals surface area (Å²) in [4.78, 5) is 7.76. The van der Waals surface area contributed by atoms with E-state index < -0.39 is 5.82 Å². The lowest BCUT2D eigenvalue weighted by Gasteiger charge is -2.16. The first-order valence-electron chi connectivity index (χ1n) is 6.24. The second-order valence-electron chi connectivity index (χ2n) is 4.51. The van der Waals surface area contributed by atoms with Gasteiger partial charge in [0.2, 0.25) is 5.95 Å². The van der Waals surface area contributed by atoms with Crippen LogP contribution in [0.1, 0.15) is 24.1 Å². The van der Waals surface area contributed by atoms with Crippen LogP contribution in [0, 0.1) is 18.6 Å². The molecule has 2 rings (SSSR count). The number of benzene rings is 1. The second kappa shape index (κ2) is 5.81. The van der Waals surface area contributed by atoms with Gasteiger partial charge in [0, 0.05) is 7.05 Å². The fraction of sp³-hybridized carbons (Fsp3) is 0.286. The zero-order valence-corrected chi connectivity index (χ0v) is 11.5. The first-order valence-corrected chi connectivity index (χ1v) is 6.24. The quantitative estimate of drug-likeness (QED) is 0.901. The largest absolute Gasteiger partial charge is 0.361 e. The minimum atomic E-state index is -0.552. The van der Waals surface area contributed by atoms with Crippen LogP contribution in [0.25, 0.3) is 0 Å². The van der Waals surface area contributed by atoms with Gasteiger partial charge in [0.15, 0.2) is 11.6 Å². The van der Waals surface area contributed by atoms with Crippen molar-refractivity contribution < 1.29 is 8.78 Å². The number of hydrogen-bond acceptors (Lipinski definition) is 4. The molecule has 0 radical (unpaired) electrons. The molecule has 0 aliphatic heterocycles. The van der Waals surface area contributed by atoms with E-state index in [9.17, 15) is 8.78 Å². The minimum Gasteiger partial charge on any atom is -0.361 e. The maximum absolute atomic E-state index is 13.6. The molecular weight excluding hydrogens is 262 g/mol. The summed E-state index contributed by atoms with van der Waals surface area (Å²) >= 11 is 0. The van der Waals surface area contributed by atoms with E-state index in [0.717, 1.165) is 11.8 Å². The first kappa shape index (κ1) is 14.2. The summed E-state index contributed by atoms with van der Waals surface area (Å²) < 4.78 is 27.2. The van der Waals surface area contributed by atoms with Gasteiger partial charge >= 0.3 is 0 Å². The number of anilines is 2. The molecule has 0 bridgehead atoms. The number of nitrogens with zero attached hydrogens (tertiary/aromatic N) is 2. The molecule has 2 aromatic rings. The zero-order chi connectivity index (χ0) is 14.7. The first-order chi connectivity index (χ1) is 9.51. The van der Waals surface area contributed by atoms with Crippen LogP contribution < -0.4 is 10.6 Å². The Morgan fingerprint density at radius 3 is 2.60 bits per heavy atom. The summed E-state index contributed by atoms with van der Waals surface area (Å²) in [7, 11) is 1.65. The molecule has 1 atom stereocenters. The zero-order valence-electron chi connectivity index (χ0n) is 11.5. The Morgan fingerprint density at radius 2 is 1.95 bits per heavy atom. The van der Waals surface area contributed by atoms with Gasteiger partial charge in [0.05, 0.1) is 12.2 Å². The van der Waals surface area contributed by atoms with Crippen LogP contribution in [0.15, 0.2) is 24.4 Å². The molecule has 0 spiro atoms. The highest BCUT2D eigenvalue weighted by atomic mass is 19.1. The lowest BCUT2D eigenvalue weighted by molar-refractivity contribution is 0.609. The van der Waals surface area contributed by atoms with Crippen LogP contribution >= 0.6 is 0 Å². The molecule has 6 heteroatoms. The highest BCUT2D eigenvalue weighted by Gasteiger charge is 2.12. The van der Waals surface area contributed by atoms with Gasteiger partial charge in [-0.15, -0.1) is 0 Å². The second-order valence-corrected chi connectivity index (χ2v) is 4.51. The fourth-order valence-electron chi connectivity index (χ4n) is 1.76. The fourth-order valence-corrected chi connectivity index (χ4v) is 1.76. The van der Waals surface area contributed by atoms with Crippen molar-refractivity contribution in [2.24, 2.45) is 0 Å². The smallest absolute Gasteiger partial charge is 0.224 e. The maximum Gasteiger partial charge on any atom is 0.224 e. The van der Waals surface area contributed by atoms with Crippen LogP contribution in [0.2, 0.25) is 0 Å². The van der Waals surface area contributed by atoms with Crippen molar-refractivity contribution >= 4 is 11.8 Å². The van der Waals surface area contributed by atoms with Crippen molar-refractivity contribution in [3.8, 4) is 0 Å².